The molecule has 58 valence electrons. The third kappa shape index (κ3) is 1.16. The van der Waals surface area contributed by atoms with Crippen LogP contribution in [0.15, 0.2) is 6.08 Å². The molecule has 0 unspecified atom stereocenters. The maximum absolute atomic E-state index is 4.43. The van der Waals surface area contributed by atoms with Gasteiger partial charge in [-0.3, -0.25) is 0 Å². The van der Waals surface area contributed by atoms with Gasteiger partial charge < -0.3 is 5.32 Å². The summed E-state index contributed by atoms with van der Waals surface area (Å²) in [5.41, 5.74) is 1.25. The number of aromatic nitrogens is 1. The molecule has 0 amide bonds. The molecule has 0 saturated heterocycles. The van der Waals surface area contributed by atoms with Crippen molar-refractivity contribution in [2.24, 2.45) is 0 Å². The van der Waals surface area contributed by atoms with Crippen molar-refractivity contribution in [1.29, 1.82) is 0 Å². The van der Waals surface area contributed by atoms with Crippen LogP contribution in [0.3, 0.4) is 0 Å². The van der Waals surface area contributed by atoms with Crippen LogP contribution < -0.4 is 5.32 Å². The minimum Gasteiger partial charge on any atom is -0.365 e. The second-order valence-corrected chi connectivity index (χ2v) is 3.55. The number of anilines is 1. The Morgan fingerprint density at radius 1 is 1.64 bits per heavy atom. The van der Waals surface area contributed by atoms with Gasteiger partial charge in [0.05, 0.1) is 10.6 Å². The van der Waals surface area contributed by atoms with Gasteiger partial charge in [-0.2, -0.15) is 0 Å². The SMILES string of the molecule is CNc1nc2c(s1)C=CCC2. The van der Waals surface area contributed by atoms with Crippen LogP contribution in [-0.4, -0.2) is 12.0 Å². The molecule has 0 aromatic carbocycles. The highest BCUT2D eigenvalue weighted by Crippen LogP contribution is 2.27. The van der Waals surface area contributed by atoms with Gasteiger partial charge in [0.2, 0.25) is 0 Å². The molecule has 1 aliphatic carbocycles. The van der Waals surface area contributed by atoms with Crippen molar-refractivity contribution in [3.8, 4) is 0 Å². The van der Waals surface area contributed by atoms with Crippen LogP contribution in [0.2, 0.25) is 0 Å². The number of rotatable bonds is 1. The van der Waals surface area contributed by atoms with E-state index in [1.54, 1.807) is 11.3 Å². The summed E-state index contributed by atoms with van der Waals surface area (Å²) in [6, 6.07) is 0. The van der Waals surface area contributed by atoms with Crippen molar-refractivity contribution in [2.75, 3.05) is 12.4 Å². The molecule has 0 radical (unpaired) electrons. The largest absolute Gasteiger partial charge is 0.365 e. The lowest BCUT2D eigenvalue weighted by atomic mass is 10.1. The molecule has 2 nitrogen and oxygen atoms in total. The molecule has 0 bridgehead atoms. The van der Waals surface area contributed by atoms with E-state index < -0.39 is 0 Å². The first-order valence-electron chi connectivity index (χ1n) is 3.74. The molecule has 0 atom stereocenters. The predicted octanol–water partition coefficient (Wildman–Crippen LogP) is 2.14. The van der Waals surface area contributed by atoms with Crippen LogP contribution in [0.5, 0.6) is 0 Å². The molecule has 0 saturated carbocycles. The molecule has 0 spiro atoms. The summed E-state index contributed by atoms with van der Waals surface area (Å²) in [7, 11) is 1.91. The Balaban J connectivity index is 2.42. The van der Waals surface area contributed by atoms with Gasteiger partial charge in [0.1, 0.15) is 0 Å². The van der Waals surface area contributed by atoms with Crippen molar-refractivity contribution < 1.29 is 0 Å². The molecule has 0 aliphatic heterocycles. The van der Waals surface area contributed by atoms with Crippen LogP contribution in [0.25, 0.3) is 6.08 Å². The van der Waals surface area contributed by atoms with Crippen LogP contribution in [0, 0.1) is 0 Å². The van der Waals surface area contributed by atoms with E-state index in [4.69, 9.17) is 0 Å². The Morgan fingerprint density at radius 3 is 3.27 bits per heavy atom. The number of nitrogens with one attached hydrogen (secondary N) is 1. The fraction of sp³-hybridized carbons (Fsp3) is 0.375. The molecule has 2 rings (SSSR count). The van der Waals surface area contributed by atoms with Crippen LogP contribution >= 0.6 is 11.3 Å². The van der Waals surface area contributed by atoms with Crippen molar-refractivity contribution in [1.82, 2.24) is 4.98 Å². The second kappa shape index (κ2) is 2.66. The van der Waals surface area contributed by atoms with Gasteiger partial charge >= 0.3 is 0 Å². The topological polar surface area (TPSA) is 24.9 Å². The quantitative estimate of drug-likeness (QED) is 0.691. The van der Waals surface area contributed by atoms with Gasteiger partial charge in [-0.1, -0.05) is 17.4 Å². The summed E-state index contributed by atoms with van der Waals surface area (Å²) in [6.45, 7) is 0. The molecule has 1 heterocycles. The average molecular weight is 166 g/mol. The smallest absolute Gasteiger partial charge is 0.183 e. The van der Waals surface area contributed by atoms with E-state index in [-0.39, 0.29) is 0 Å². The first-order valence-corrected chi connectivity index (χ1v) is 4.56. The highest BCUT2D eigenvalue weighted by Gasteiger charge is 2.09. The van der Waals surface area contributed by atoms with E-state index in [0.29, 0.717) is 0 Å². The first-order chi connectivity index (χ1) is 5.40. The normalized spacial score (nSPS) is 14.6. The summed E-state index contributed by atoms with van der Waals surface area (Å²) in [5, 5.41) is 4.09. The molecule has 0 fully saturated rings. The van der Waals surface area contributed by atoms with E-state index in [1.165, 1.54) is 10.6 Å². The number of allylic oxidation sites excluding steroid dienone is 1. The highest BCUT2D eigenvalue weighted by atomic mass is 32.1. The summed E-state index contributed by atoms with van der Waals surface area (Å²) >= 11 is 1.73. The van der Waals surface area contributed by atoms with Crippen LogP contribution in [-0.2, 0) is 6.42 Å². The van der Waals surface area contributed by atoms with Crippen molar-refractivity contribution in [2.45, 2.75) is 12.8 Å². The van der Waals surface area contributed by atoms with Gasteiger partial charge in [0.15, 0.2) is 5.13 Å². The van der Waals surface area contributed by atoms with Crippen LogP contribution in [0.1, 0.15) is 17.0 Å². The first kappa shape index (κ1) is 6.85. The summed E-state index contributed by atoms with van der Waals surface area (Å²) in [5.74, 6) is 0. The lowest BCUT2D eigenvalue weighted by Gasteiger charge is -1.99. The number of hydrogen-bond donors (Lipinski definition) is 1. The lowest BCUT2D eigenvalue weighted by Crippen LogP contribution is -1.91. The maximum atomic E-state index is 4.43. The summed E-state index contributed by atoms with van der Waals surface area (Å²) in [6.07, 6.45) is 6.61. The fourth-order valence-corrected chi connectivity index (χ4v) is 2.09. The van der Waals surface area contributed by atoms with Crippen LogP contribution in [0.4, 0.5) is 5.13 Å². The lowest BCUT2D eigenvalue weighted by molar-refractivity contribution is 0.946. The maximum Gasteiger partial charge on any atom is 0.183 e. The minimum absolute atomic E-state index is 1.03. The van der Waals surface area contributed by atoms with Crippen molar-refractivity contribution >= 4 is 22.5 Å². The number of hydrogen-bond acceptors (Lipinski definition) is 3. The average Bonchev–Trinajstić information content (AvgIpc) is 2.46. The molecule has 11 heavy (non-hydrogen) atoms. The van der Waals surface area contributed by atoms with E-state index in [2.05, 4.69) is 22.5 Å². The Bertz CT molecular complexity index is 288. The number of fused-ring (bicyclic) bond motifs is 1. The molecule has 1 N–H and O–H groups in total. The van der Waals surface area contributed by atoms with Gasteiger partial charge in [0, 0.05) is 7.05 Å². The molecule has 1 aliphatic rings. The Hall–Kier alpha value is -0.830. The third-order valence-corrected chi connectivity index (χ3v) is 2.84. The number of nitrogens with zero attached hydrogens (tertiary/aromatic N) is 1. The Morgan fingerprint density at radius 2 is 2.55 bits per heavy atom. The molecule has 3 heteroatoms. The zero-order chi connectivity index (χ0) is 7.68. The van der Waals surface area contributed by atoms with Gasteiger partial charge in [-0.05, 0) is 18.9 Å². The second-order valence-electron chi connectivity index (χ2n) is 2.52. The van der Waals surface area contributed by atoms with Gasteiger partial charge in [-0.25, -0.2) is 4.98 Å². The van der Waals surface area contributed by atoms with E-state index in [0.717, 1.165) is 18.0 Å². The minimum atomic E-state index is 1.03. The van der Waals surface area contributed by atoms with Gasteiger partial charge in [-0.15, -0.1) is 0 Å². The third-order valence-electron chi connectivity index (χ3n) is 1.76. The summed E-state index contributed by atoms with van der Waals surface area (Å²) in [4.78, 5) is 5.75. The Labute approximate surface area is 70.0 Å². The number of thiazole rings is 1. The molecular formula is C8H10N2S. The standard InChI is InChI=1S/C8H10N2S/c1-9-8-10-6-4-2-3-5-7(6)11-8/h3,5H,2,4H2,1H3,(H,9,10). The zero-order valence-electron chi connectivity index (χ0n) is 6.42. The van der Waals surface area contributed by atoms with Crippen molar-refractivity contribution in [3.63, 3.8) is 0 Å². The van der Waals surface area contributed by atoms with E-state index in [1.807, 2.05) is 7.05 Å². The van der Waals surface area contributed by atoms with Crippen molar-refractivity contribution in [3.05, 3.63) is 16.6 Å². The molecular weight excluding hydrogens is 156 g/mol. The fourth-order valence-electron chi connectivity index (χ4n) is 1.19. The van der Waals surface area contributed by atoms with Gasteiger partial charge in [0.25, 0.3) is 0 Å². The molecule has 1 aromatic heterocycles. The Kier molecular flexibility index (Phi) is 1.66. The predicted molar refractivity (Wildman–Crippen MR) is 49.0 cm³/mol. The summed E-state index contributed by atoms with van der Waals surface area (Å²) < 4.78 is 0. The number of aryl methyl sites for hydroxylation is 1. The monoisotopic (exact) mass is 166 g/mol. The highest BCUT2D eigenvalue weighted by molar-refractivity contribution is 7.16. The zero-order valence-corrected chi connectivity index (χ0v) is 7.24. The van der Waals surface area contributed by atoms with E-state index in [9.17, 15) is 0 Å². The molecule has 1 aromatic rings. The van der Waals surface area contributed by atoms with E-state index >= 15 is 0 Å².